The van der Waals surface area contributed by atoms with Gasteiger partial charge in [-0.25, -0.2) is 4.99 Å². The van der Waals surface area contributed by atoms with Gasteiger partial charge in [0.05, 0.1) is 36.9 Å². The first-order valence-corrected chi connectivity index (χ1v) is 10.1. The molecule has 31 heavy (non-hydrogen) atoms. The van der Waals surface area contributed by atoms with E-state index in [-0.39, 0.29) is 12.4 Å². The zero-order valence-electron chi connectivity index (χ0n) is 17.5. The highest BCUT2D eigenvalue weighted by molar-refractivity contribution is 6.33. The molecule has 0 aliphatic carbocycles. The van der Waals surface area contributed by atoms with Gasteiger partial charge in [-0.3, -0.25) is 0 Å². The Balaban J connectivity index is 1.74. The van der Waals surface area contributed by atoms with E-state index < -0.39 is 12.0 Å². The summed E-state index contributed by atoms with van der Waals surface area (Å²) in [6, 6.07) is 9.35. The highest BCUT2D eigenvalue weighted by Gasteiger charge is 2.43. The fourth-order valence-corrected chi connectivity index (χ4v) is 3.32. The van der Waals surface area contributed by atoms with E-state index in [2.05, 4.69) is 9.73 Å². The number of aliphatic imine (C=N–C) groups is 1. The summed E-state index contributed by atoms with van der Waals surface area (Å²) in [5, 5.41) is 0.505. The molecule has 3 rings (SSSR count). The van der Waals surface area contributed by atoms with Gasteiger partial charge in [0.15, 0.2) is 0 Å². The third kappa shape index (κ3) is 5.90. The van der Waals surface area contributed by atoms with Crippen LogP contribution in [0.1, 0.15) is 23.6 Å². The SMILES string of the molecule is CCN(C)C=Nc1cc(C)c(C2(OCc3ccc(OC(F)(F)F)cc3)COC2)cc1Cl. The van der Waals surface area contributed by atoms with Crippen molar-refractivity contribution in [2.45, 2.75) is 32.4 Å². The summed E-state index contributed by atoms with van der Waals surface area (Å²) in [6.45, 7) is 5.74. The fourth-order valence-electron chi connectivity index (χ4n) is 3.11. The molecule has 2 aromatic rings. The van der Waals surface area contributed by atoms with Crippen LogP contribution in [-0.2, 0) is 21.7 Å². The summed E-state index contributed by atoms with van der Waals surface area (Å²) in [6.07, 6.45) is -2.99. The molecule has 0 amide bonds. The van der Waals surface area contributed by atoms with Gasteiger partial charge in [-0.15, -0.1) is 13.2 Å². The second-order valence-corrected chi connectivity index (χ2v) is 7.81. The molecule has 0 bridgehead atoms. The van der Waals surface area contributed by atoms with Crippen molar-refractivity contribution < 1.29 is 27.4 Å². The second-order valence-electron chi connectivity index (χ2n) is 7.40. The maximum atomic E-state index is 12.3. The Morgan fingerprint density at radius 2 is 1.90 bits per heavy atom. The monoisotopic (exact) mass is 456 g/mol. The Hall–Kier alpha value is -2.29. The Morgan fingerprint density at radius 3 is 2.45 bits per heavy atom. The van der Waals surface area contributed by atoms with Crippen LogP contribution in [0.4, 0.5) is 18.9 Å². The van der Waals surface area contributed by atoms with Crippen LogP contribution >= 0.6 is 11.6 Å². The van der Waals surface area contributed by atoms with Gasteiger partial charge >= 0.3 is 6.36 Å². The topological polar surface area (TPSA) is 43.3 Å². The van der Waals surface area contributed by atoms with Gasteiger partial charge in [0.25, 0.3) is 0 Å². The van der Waals surface area contributed by atoms with Gasteiger partial charge in [0.1, 0.15) is 11.4 Å². The highest BCUT2D eigenvalue weighted by atomic mass is 35.5. The molecule has 0 saturated carbocycles. The molecule has 0 unspecified atom stereocenters. The first-order valence-electron chi connectivity index (χ1n) is 9.73. The lowest BCUT2D eigenvalue weighted by atomic mass is 9.88. The smallest absolute Gasteiger partial charge is 0.406 e. The maximum absolute atomic E-state index is 12.3. The Morgan fingerprint density at radius 1 is 1.23 bits per heavy atom. The van der Waals surface area contributed by atoms with Gasteiger partial charge < -0.3 is 19.1 Å². The summed E-state index contributed by atoms with van der Waals surface area (Å²) < 4.78 is 52.4. The van der Waals surface area contributed by atoms with Gasteiger partial charge in [0.2, 0.25) is 0 Å². The summed E-state index contributed by atoms with van der Waals surface area (Å²) in [4.78, 5) is 6.38. The van der Waals surface area contributed by atoms with Crippen LogP contribution in [0.25, 0.3) is 0 Å². The molecule has 1 fully saturated rings. The number of benzene rings is 2. The van der Waals surface area contributed by atoms with E-state index in [1.54, 1.807) is 6.34 Å². The van der Waals surface area contributed by atoms with Gasteiger partial charge in [0, 0.05) is 13.6 Å². The Kier molecular flexibility index (Phi) is 7.13. The lowest BCUT2D eigenvalue weighted by molar-refractivity contribution is -0.274. The van der Waals surface area contributed by atoms with Crippen molar-refractivity contribution in [2.75, 3.05) is 26.8 Å². The third-order valence-corrected chi connectivity index (χ3v) is 5.32. The molecule has 168 valence electrons. The molecule has 9 heteroatoms. The zero-order chi connectivity index (χ0) is 22.6. The lowest BCUT2D eigenvalue weighted by Crippen LogP contribution is -2.49. The normalized spacial score (nSPS) is 15.7. The molecule has 0 aromatic heterocycles. The van der Waals surface area contributed by atoms with E-state index in [1.807, 2.05) is 37.9 Å². The Bertz CT molecular complexity index is 929. The number of alkyl halides is 3. The molecular formula is C22H24ClF3N2O3. The number of hydrogen-bond acceptors (Lipinski definition) is 4. The van der Waals surface area contributed by atoms with Crippen molar-refractivity contribution >= 4 is 23.6 Å². The zero-order valence-corrected chi connectivity index (χ0v) is 18.3. The van der Waals surface area contributed by atoms with Crippen molar-refractivity contribution in [3.63, 3.8) is 0 Å². The van der Waals surface area contributed by atoms with Crippen LogP contribution in [0, 0.1) is 6.92 Å². The molecule has 1 saturated heterocycles. The third-order valence-electron chi connectivity index (χ3n) is 5.02. The number of nitrogens with zero attached hydrogens (tertiary/aromatic N) is 2. The lowest BCUT2D eigenvalue weighted by Gasteiger charge is -2.42. The average Bonchev–Trinajstić information content (AvgIpc) is 2.68. The summed E-state index contributed by atoms with van der Waals surface area (Å²) in [5.74, 6) is -0.273. The first-order chi connectivity index (χ1) is 14.6. The fraction of sp³-hybridized carbons (Fsp3) is 0.409. The number of ether oxygens (including phenoxy) is 3. The van der Waals surface area contributed by atoms with E-state index in [0.717, 1.165) is 17.7 Å². The molecular weight excluding hydrogens is 433 g/mol. The molecule has 1 aliphatic rings. The van der Waals surface area contributed by atoms with Gasteiger partial charge in [-0.05, 0) is 54.8 Å². The largest absolute Gasteiger partial charge is 0.573 e. The summed E-state index contributed by atoms with van der Waals surface area (Å²) in [5.41, 5.74) is 2.58. The van der Waals surface area contributed by atoms with Gasteiger partial charge in [-0.1, -0.05) is 23.7 Å². The second kappa shape index (κ2) is 9.46. The predicted octanol–water partition coefficient (Wildman–Crippen LogP) is 5.60. The van der Waals surface area contributed by atoms with Crippen LogP contribution in [0.2, 0.25) is 5.02 Å². The van der Waals surface area contributed by atoms with Gasteiger partial charge in [-0.2, -0.15) is 0 Å². The van der Waals surface area contributed by atoms with Crippen LogP contribution in [0.5, 0.6) is 5.75 Å². The molecule has 5 nitrogen and oxygen atoms in total. The van der Waals surface area contributed by atoms with E-state index in [9.17, 15) is 13.2 Å². The minimum Gasteiger partial charge on any atom is -0.406 e. The molecule has 2 aromatic carbocycles. The van der Waals surface area contributed by atoms with Crippen molar-refractivity contribution in [2.24, 2.45) is 4.99 Å². The molecule has 0 spiro atoms. The number of hydrogen-bond donors (Lipinski definition) is 0. The summed E-state index contributed by atoms with van der Waals surface area (Å²) in [7, 11) is 1.93. The van der Waals surface area contributed by atoms with Crippen molar-refractivity contribution in [3.05, 3.63) is 58.1 Å². The predicted molar refractivity (Wildman–Crippen MR) is 113 cm³/mol. The minimum absolute atomic E-state index is 0.202. The molecule has 0 atom stereocenters. The molecule has 1 heterocycles. The molecule has 0 N–H and O–H groups in total. The van der Waals surface area contributed by atoms with E-state index in [0.29, 0.717) is 29.5 Å². The van der Waals surface area contributed by atoms with Crippen molar-refractivity contribution in [1.29, 1.82) is 0 Å². The van der Waals surface area contributed by atoms with E-state index in [1.165, 1.54) is 24.3 Å². The van der Waals surface area contributed by atoms with Crippen LogP contribution < -0.4 is 4.74 Å². The maximum Gasteiger partial charge on any atom is 0.573 e. The number of halogens is 4. The van der Waals surface area contributed by atoms with Crippen LogP contribution in [0.3, 0.4) is 0 Å². The van der Waals surface area contributed by atoms with Crippen LogP contribution in [0.15, 0.2) is 41.4 Å². The van der Waals surface area contributed by atoms with Crippen LogP contribution in [-0.4, -0.2) is 44.4 Å². The average molecular weight is 457 g/mol. The molecule has 0 radical (unpaired) electrons. The first kappa shape index (κ1) is 23.4. The number of rotatable bonds is 8. The van der Waals surface area contributed by atoms with E-state index in [4.69, 9.17) is 21.1 Å². The minimum atomic E-state index is -4.72. The summed E-state index contributed by atoms with van der Waals surface area (Å²) >= 11 is 6.47. The number of aryl methyl sites for hydroxylation is 1. The molecule has 1 aliphatic heterocycles. The quantitative estimate of drug-likeness (QED) is 0.383. The standard InChI is InChI=1S/C22H24ClF3N2O3/c1-4-28(3)14-27-20-9-15(2)18(10-19(20)23)21(12-29-13-21)30-11-16-5-7-17(8-6-16)31-22(24,25)26/h5-10,14H,4,11-13H2,1-3H3. The van der Waals surface area contributed by atoms with Crippen molar-refractivity contribution in [3.8, 4) is 5.75 Å². The van der Waals surface area contributed by atoms with Crippen molar-refractivity contribution in [1.82, 2.24) is 4.90 Å². The van der Waals surface area contributed by atoms with E-state index >= 15 is 0 Å². The highest BCUT2D eigenvalue weighted by Crippen LogP contribution is 2.40. The Labute approximate surface area is 184 Å².